The van der Waals surface area contributed by atoms with E-state index in [1.807, 2.05) is 25.7 Å². The minimum absolute atomic E-state index is 0.152. The summed E-state index contributed by atoms with van der Waals surface area (Å²) in [5.74, 6) is 0.659. The number of ether oxygens (including phenoxy) is 1. The lowest BCUT2D eigenvalue weighted by Gasteiger charge is -2.33. The molecule has 18 heavy (non-hydrogen) atoms. The summed E-state index contributed by atoms with van der Waals surface area (Å²) in [5.41, 5.74) is -0.379. The zero-order chi connectivity index (χ0) is 14.2. The van der Waals surface area contributed by atoms with Crippen LogP contribution in [0, 0.1) is 5.92 Å². The molecular weight excluding hydrogens is 234 g/mol. The molecule has 5 nitrogen and oxygen atoms in total. The number of amides is 1. The van der Waals surface area contributed by atoms with E-state index in [0.717, 1.165) is 25.9 Å². The van der Waals surface area contributed by atoms with E-state index in [9.17, 15) is 4.79 Å². The largest absolute Gasteiger partial charge is 0.444 e. The Kier molecular flexibility index (Phi) is 7.29. The van der Waals surface area contributed by atoms with Crippen molar-refractivity contribution in [3.05, 3.63) is 0 Å². The van der Waals surface area contributed by atoms with E-state index in [0.29, 0.717) is 5.92 Å². The van der Waals surface area contributed by atoms with Gasteiger partial charge in [0.05, 0.1) is 0 Å². The van der Waals surface area contributed by atoms with Gasteiger partial charge >= 0.3 is 12.2 Å². The van der Waals surface area contributed by atoms with E-state index >= 15 is 0 Å². The summed E-state index contributed by atoms with van der Waals surface area (Å²) >= 11 is 0. The molecule has 0 N–H and O–H groups in total. The highest BCUT2D eigenvalue weighted by molar-refractivity contribution is 5.68. The smallest absolute Gasteiger partial charge is 0.410 e. The van der Waals surface area contributed by atoms with Crippen molar-refractivity contribution in [1.29, 1.82) is 0 Å². The molecule has 0 aromatic rings. The fourth-order valence-electron chi connectivity index (χ4n) is 1.89. The quantitative estimate of drug-likeness (QED) is 0.723. The predicted octanol–water partition coefficient (Wildman–Crippen LogP) is 2.46. The van der Waals surface area contributed by atoms with Gasteiger partial charge < -0.3 is 9.64 Å². The van der Waals surface area contributed by atoms with Gasteiger partial charge in [0, 0.05) is 13.1 Å². The molecule has 0 saturated carbocycles. The van der Waals surface area contributed by atoms with Crippen molar-refractivity contribution < 1.29 is 19.1 Å². The van der Waals surface area contributed by atoms with Gasteiger partial charge in [-0.3, -0.25) is 0 Å². The Balaban J connectivity index is 0.000000873. The minimum Gasteiger partial charge on any atom is -0.444 e. The summed E-state index contributed by atoms with van der Waals surface area (Å²) in [7, 11) is 0. The monoisotopic (exact) mass is 257 g/mol. The highest BCUT2D eigenvalue weighted by Gasteiger charge is 2.26. The molecule has 1 unspecified atom stereocenters. The van der Waals surface area contributed by atoms with Crippen LogP contribution in [0.15, 0.2) is 0 Å². The van der Waals surface area contributed by atoms with Crippen LogP contribution in [-0.4, -0.2) is 35.8 Å². The summed E-state index contributed by atoms with van der Waals surface area (Å²) < 4.78 is 5.36. The Bertz CT molecular complexity index is 290. The zero-order valence-electron chi connectivity index (χ0n) is 11.7. The highest BCUT2D eigenvalue weighted by atomic mass is 16.6. The summed E-state index contributed by atoms with van der Waals surface area (Å²) in [6, 6.07) is 0. The maximum atomic E-state index is 11.8. The van der Waals surface area contributed by atoms with Crippen LogP contribution in [-0.2, 0) is 14.3 Å². The van der Waals surface area contributed by atoms with Gasteiger partial charge in [-0.25, -0.2) is 4.79 Å². The topological polar surface area (TPSA) is 63.7 Å². The Labute approximate surface area is 108 Å². The molecule has 1 atom stereocenters. The molecule has 0 aliphatic carbocycles. The number of carbonyl (C=O) groups is 1. The minimum atomic E-state index is -0.379. The maximum Gasteiger partial charge on any atom is 0.410 e. The Hall–Kier alpha value is -1.35. The molecule has 0 bridgehead atoms. The van der Waals surface area contributed by atoms with Crippen LogP contribution < -0.4 is 0 Å². The third-order valence-electron chi connectivity index (χ3n) is 2.75. The lowest BCUT2D eigenvalue weighted by atomic mass is 9.96. The highest BCUT2D eigenvalue weighted by Crippen LogP contribution is 2.21. The van der Waals surface area contributed by atoms with Gasteiger partial charge in [-0.15, -0.1) is 0 Å². The van der Waals surface area contributed by atoms with E-state index in [2.05, 4.69) is 6.92 Å². The van der Waals surface area contributed by atoms with Crippen LogP contribution >= 0.6 is 0 Å². The molecule has 0 aromatic heterocycles. The van der Waals surface area contributed by atoms with Crippen LogP contribution in [0.2, 0.25) is 0 Å². The maximum absolute atomic E-state index is 11.8. The van der Waals surface area contributed by atoms with Gasteiger partial charge in [-0.2, -0.15) is 9.59 Å². The van der Waals surface area contributed by atoms with Crippen LogP contribution in [0.4, 0.5) is 4.79 Å². The fourth-order valence-corrected chi connectivity index (χ4v) is 1.89. The van der Waals surface area contributed by atoms with Gasteiger partial charge in [0.1, 0.15) is 5.60 Å². The van der Waals surface area contributed by atoms with Crippen molar-refractivity contribution in [2.24, 2.45) is 5.92 Å². The SMILES string of the molecule is CCC1CCCN(C(=O)OC(C)(C)C)C1.O=C=O. The number of rotatable bonds is 1. The second-order valence-electron chi connectivity index (χ2n) is 5.43. The summed E-state index contributed by atoms with van der Waals surface area (Å²) in [5, 5.41) is 0. The molecule has 1 fully saturated rings. The first-order chi connectivity index (χ1) is 8.34. The van der Waals surface area contributed by atoms with Crippen molar-refractivity contribution in [2.45, 2.75) is 52.6 Å². The first-order valence-corrected chi connectivity index (χ1v) is 6.31. The zero-order valence-corrected chi connectivity index (χ0v) is 11.7. The number of likely N-dealkylation sites (tertiary alicyclic amines) is 1. The first kappa shape index (κ1) is 16.6. The first-order valence-electron chi connectivity index (χ1n) is 6.31. The van der Waals surface area contributed by atoms with Crippen molar-refractivity contribution in [3.8, 4) is 0 Å². The third kappa shape index (κ3) is 7.07. The molecule has 0 spiro atoms. The van der Waals surface area contributed by atoms with E-state index in [-0.39, 0.29) is 17.8 Å². The van der Waals surface area contributed by atoms with Gasteiger partial charge in [-0.1, -0.05) is 13.3 Å². The van der Waals surface area contributed by atoms with Crippen molar-refractivity contribution in [2.75, 3.05) is 13.1 Å². The second kappa shape index (κ2) is 7.88. The second-order valence-corrected chi connectivity index (χ2v) is 5.43. The van der Waals surface area contributed by atoms with E-state index in [4.69, 9.17) is 14.3 Å². The van der Waals surface area contributed by atoms with Gasteiger partial charge in [-0.05, 0) is 39.5 Å². The number of nitrogens with zero attached hydrogens (tertiary/aromatic N) is 1. The standard InChI is InChI=1S/C12H23NO2.CO2/c1-5-10-7-6-8-13(9-10)11(14)15-12(2,3)4;2-1-3/h10H,5-9H2,1-4H3;. The summed E-state index contributed by atoms with van der Waals surface area (Å²) in [6.07, 6.45) is 3.60. The Morgan fingerprint density at radius 2 is 1.94 bits per heavy atom. The molecule has 0 radical (unpaired) electrons. The molecule has 1 saturated heterocycles. The van der Waals surface area contributed by atoms with Crippen molar-refractivity contribution in [3.63, 3.8) is 0 Å². The molecular formula is C13H23NO4. The summed E-state index contributed by atoms with van der Waals surface area (Å²) in [4.78, 5) is 29.9. The van der Waals surface area contributed by atoms with Gasteiger partial charge in [0.25, 0.3) is 0 Å². The molecule has 1 aliphatic rings. The van der Waals surface area contributed by atoms with E-state index in [1.165, 1.54) is 6.42 Å². The Morgan fingerprint density at radius 3 is 2.39 bits per heavy atom. The van der Waals surface area contributed by atoms with Crippen molar-refractivity contribution >= 4 is 12.2 Å². The molecule has 1 rings (SSSR count). The van der Waals surface area contributed by atoms with Crippen LogP contribution in [0.5, 0.6) is 0 Å². The van der Waals surface area contributed by atoms with Crippen molar-refractivity contribution in [1.82, 2.24) is 4.90 Å². The normalized spacial score (nSPS) is 19.3. The third-order valence-corrected chi connectivity index (χ3v) is 2.75. The number of hydrogen-bond acceptors (Lipinski definition) is 4. The van der Waals surface area contributed by atoms with Crippen LogP contribution in [0.3, 0.4) is 0 Å². The Morgan fingerprint density at radius 1 is 1.39 bits per heavy atom. The van der Waals surface area contributed by atoms with E-state index < -0.39 is 0 Å². The lowest BCUT2D eigenvalue weighted by Crippen LogP contribution is -2.42. The molecule has 1 amide bonds. The fraction of sp³-hybridized carbons (Fsp3) is 0.846. The lowest BCUT2D eigenvalue weighted by molar-refractivity contribution is -0.191. The van der Waals surface area contributed by atoms with Gasteiger partial charge in [0.15, 0.2) is 0 Å². The number of carbonyl (C=O) groups excluding carboxylic acids is 3. The number of hydrogen-bond donors (Lipinski definition) is 0. The molecule has 1 aliphatic heterocycles. The molecule has 0 aromatic carbocycles. The molecule has 5 heteroatoms. The molecule has 104 valence electrons. The van der Waals surface area contributed by atoms with Crippen LogP contribution in [0.1, 0.15) is 47.0 Å². The predicted molar refractivity (Wildman–Crippen MR) is 65.8 cm³/mol. The van der Waals surface area contributed by atoms with Gasteiger partial charge in [0.2, 0.25) is 0 Å². The average Bonchev–Trinajstić information content (AvgIpc) is 2.28. The van der Waals surface area contributed by atoms with E-state index in [1.54, 1.807) is 0 Å². The van der Waals surface area contributed by atoms with Crippen LogP contribution in [0.25, 0.3) is 0 Å². The molecule has 1 heterocycles. The average molecular weight is 257 g/mol. The number of piperidine rings is 1. The summed E-state index contributed by atoms with van der Waals surface area (Å²) in [6.45, 7) is 9.63.